The van der Waals surface area contributed by atoms with Crippen molar-refractivity contribution in [1.82, 2.24) is 9.55 Å². The number of rotatable bonds is 8. The van der Waals surface area contributed by atoms with Crippen molar-refractivity contribution in [2.24, 2.45) is 0 Å². The van der Waals surface area contributed by atoms with Crippen molar-refractivity contribution < 1.29 is 4.74 Å². The quantitative estimate of drug-likeness (QED) is 0.321. The molecule has 1 aromatic heterocycles. The first-order chi connectivity index (χ1) is 14.6. The van der Waals surface area contributed by atoms with Crippen molar-refractivity contribution in [3.63, 3.8) is 0 Å². The second kappa shape index (κ2) is 9.17. The molecule has 0 bridgehead atoms. The molecule has 30 heavy (non-hydrogen) atoms. The summed E-state index contributed by atoms with van der Waals surface area (Å²) in [6.07, 6.45) is 2.94. The maximum absolute atomic E-state index is 6.04. The lowest BCUT2D eigenvalue weighted by molar-refractivity contribution is 0.301. The van der Waals surface area contributed by atoms with E-state index in [9.17, 15) is 0 Å². The van der Waals surface area contributed by atoms with Gasteiger partial charge in [0.2, 0.25) is 0 Å². The summed E-state index contributed by atoms with van der Waals surface area (Å²) >= 11 is 0. The highest BCUT2D eigenvalue weighted by atomic mass is 16.5. The van der Waals surface area contributed by atoms with Crippen LogP contribution in [0.3, 0.4) is 0 Å². The first-order valence-corrected chi connectivity index (χ1v) is 10.8. The van der Waals surface area contributed by atoms with Crippen LogP contribution in [0.1, 0.15) is 40.9 Å². The summed E-state index contributed by atoms with van der Waals surface area (Å²) in [7, 11) is 0. The number of nitrogens with zero attached hydrogens (tertiary/aromatic N) is 2. The van der Waals surface area contributed by atoms with E-state index in [0.717, 1.165) is 49.5 Å². The Bertz CT molecular complexity index is 1140. The van der Waals surface area contributed by atoms with Gasteiger partial charge in [0.05, 0.1) is 17.6 Å². The lowest BCUT2D eigenvalue weighted by Gasteiger charge is -2.12. The zero-order chi connectivity index (χ0) is 20.9. The minimum absolute atomic E-state index is 0.740. The Labute approximate surface area is 179 Å². The summed E-state index contributed by atoms with van der Waals surface area (Å²) in [5.74, 6) is 2.14. The number of imidazole rings is 1. The van der Waals surface area contributed by atoms with Crippen LogP contribution in [0.4, 0.5) is 0 Å². The minimum atomic E-state index is 0.740. The summed E-state index contributed by atoms with van der Waals surface area (Å²) < 4.78 is 8.43. The second-order valence-corrected chi connectivity index (χ2v) is 8.10. The largest absolute Gasteiger partial charge is 0.493 e. The number of ether oxygens (including phenoxy) is 1. The molecule has 0 aliphatic heterocycles. The monoisotopic (exact) mass is 398 g/mol. The van der Waals surface area contributed by atoms with E-state index in [-0.39, 0.29) is 0 Å². The van der Waals surface area contributed by atoms with Crippen molar-refractivity contribution in [1.29, 1.82) is 0 Å². The summed E-state index contributed by atoms with van der Waals surface area (Å²) in [5.41, 5.74) is 7.39. The molecular weight excluding hydrogens is 368 g/mol. The Kier molecular flexibility index (Phi) is 6.18. The van der Waals surface area contributed by atoms with Gasteiger partial charge in [-0.1, -0.05) is 48.5 Å². The fourth-order valence-corrected chi connectivity index (χ4v) is 3.91. The Morgan fingerprint density at radius 1 is 0.833 bits per heavy atom. The summed E-state index contributed by atoms with van der Waals surface area (Å²) in [4.78, 5) is 4.95. The van der Waals surface area contributed by atoms with Crippen molar-refractivity contribution in [3.05, 3.63) is 94.8 Å². The van der Waals surface area contributed by atoms with E-state index in [4.69, 9.17) is 9.72 Å². The third-order valence-electron chi connectivity index (χ3n) is 5.72. The molecule has 0 amide bonds. The van der Waals surface area contributed by atoms with E-state index < -0.39 is 0 Å². The Balaban J connectivity index is 1.44. The van der Waals surface area contributed by atoms with Gasteiger partial charge in [-0.3, -0.25) is 0 Å². The van der Waals surface area contributed by atoms with Crippen LogP contribution in [0.15, 0.2) is 66.7 Å². The normalized spacial score (nSPS) is 11.2. The predicted octanol–water partition coefficient (Wildman–Crippen LogP) is 6.41. The standard InChI is InChI=1S/C27H30N2O/c1-20-14-15-22(3)26(18-20)30-17-9-8-16-29-25-13-7-6-12-24(25)28-27(29)19-23-11-5-4-10-21(23)2/h4-7,10-15,18H,8-9,16-17,19H2,1-3H3. The van der Waals surface area contributed by atoms with Crippen molar-refractivity contribution in [3.8, 4) is 5.75 Å². The molecule has 3 heteroatoms. The van der Waals surface area contributed by atoms with Gasteiger partial charge >= 0.3 is 0 Å². The van der Waals surface area contributed by atoms with Gasteiger partial charge in [0.1, 0.15) is 11.6 Å². The van der Waals surface area contributed by atoms with E-state index in [1.54, 1.807) is 0 Å². The molecule has 0 aliphatic carbocycles. The summed E-state index contributed by atoms with van der Waals surface area (Å²) in [5, 5.41) is 0. The Hall–Kier alpha value is -3.07. The van der Waals surface area contributed by atoms with Gasteiger partial charge in [-0.2, -0.15) is 0 Å². The van der Waals surface area contributed by atoms with Crippen molar-refractivity contribution >= 4 is 11.0 Å². The Morgan fingerprint density at radius 3 is 2.50 bits per heavy atom. The molecule has 4 aromatic rings. The fraction of sp³-hybridized carbons (Fsp3) is 0.296. The molecule has 0 spiro atoms. The molecule has 154 valence electrons. The van der Waals surface area contributed by atoms with Crippen LogP contribution < -0.4 is 4.74 Å². The lowest BCUT2D eigenvalue weighted by atomic mass is 10.1. The zero-order valence-corrected chi connectivity index (χ0v) is 18.2. The van der Waals surface area contributed by atoms with Crippen LogP contribution in [0.25, 0.3) is 11.0 Å². The third kappa shape index (κ3) is 4.56. The molecule has 0 radical (unpaired) electrons. The molecule has 0 unspecified atom stereocenters. The molecule has 0 atom stereocenters. The number of aryl methyl sites for hydroxylation is 4. The zero-order valence-electron chi connectivity index (χ0n) is 18.2. The molecule has 0 aliphatic rings. The maximum Gasteiger partial charge on any atom is 0.122 e. The van der Waals surface area contributed by atoms with E-state index in [1.165, 1.54) is 27.8 Å². The molecule has 0 saturated carbocycles. The van der Waals surface area contributed by atoms with Crippen LogP contribution in [0.5, 0.6) is 5.75 Å². The first-order valence-electron chi connectivity index (χ1n) is 10.8. The molecule has 0 saturated heterocycles. The molecule has 0 fully saturated rings. The lowest BCUT2D eigenvalue weighted by Crippen LogP contribution is -2.07. The average molecular weight is 399 g/mol. The molecule has 3 aromatic carbocycles. The van der Waals surface area contributed by atoms with Gasteiger partial charge in [-0.25, -0.2) is 4.98 Å². The number of aromatic nitrogens is 2. The highest BCUT2D eigenvalue weighted by Gasteiger charge is 2.12. The van der Waals surface area contributed by atoms with Crippen LogP contribution in [0.2, 0.25) is 0 Å². The van der Waals surface area contributed by atoms with Crippen LogP contribution in [-0.2, 0) is 13.0 Å². The number of para-hydroxylation sites is 2. The van der Waals surface area contributed by atoms with E-state index >= 15 is 0 Å². The van der Waals surface area contributed by atoms with Gasteiger partial charge in [0.15, 0.2) is 0 Å². The van der Waals surface area contributed by atoms with Gasteiger partial charge in [-0.15, -0.1) is 0 Å². The number of hydrogen-bond acceptors (Lipinski definition) is 2. The minimum Gasteiger partial charge on any atom is -0.493 e. The fourth-order valence-electron chi connectivity index (χ4n) is 3.91. The maximum atomic E-state index is 6.04. The SMILES string of the molecule is Cc1ccc(C)c(OCCCCn2c(Cc3ccccc3C)nc3ccccc32)c1. The number of fused-ring (bicyclic) bond motifs is 1. The second-order valence-electron chi connectivity index (χ2n) is 8.10. The van der Waals surface area contributed by atoms with Crippen LogP contribution in [-0.4, -0.2) is 16.2 Å². The topological polar surface area (TPSA) is 27.1 Å². The van der Waals surface area contributed by atoms with Crippen LogP contribution in [0, 0.1) is 20.8 Å². The van der Waals surface area contributed by atoms with Gasteiger partial charge < -0.3 is 9.30 Å². The van der Waals surface area contributed by atoms with Gasteiger partial charge in [0.25, 0.3) is 0 Å². The molecule has 1 heterocycles. The molecule has 0 N–H and O–H groups in total. The van der Waals surface area contributed by atoms with Crippen LogP contribution >= 0.6 is 0 Å². The number of benzene rings is 3. The highest BCUT2D eigenvalue weighted by Crippen LogP contribution is 2.22. The Morgan fingerprint density at radius 2 is 1.63 bits per heavy atom. The van der Waals surface area contributed by atoms with Gasteiger partial charge in [-0.05, 0) is 74.1 Å². The number of hydrogen-bond donors (Lipinski definition) is 0. The number of unbranched alkanes of at least 4 members (excludes halogenated alkanes) is 1. The van der Waals surface area contributed by atoms with E-state index in [1.807, 2.05) is 0 Å². The molecular formula is C27H30N2O. The highest BCUT2D eigenvalue weighted by molar-refractivity contribution is 5.76. The third-order valence-corrected chi connectivity index (χ3v) is 5.72. The molecule has 3 nitrogen and oxygen atoms in total. The first kappa shape index (κ1) is 20.2. The van der Waals surface area contributed by atoms with Crippen molar-refractivity contribution in [2.45, 2.75) is 46.6 Å². The predicted molar refractivity (Wildman–Crippen MR) is 124 cm³/mol. The van der Waals surface area contributed by atoms with Gasteiger partial charge in [0, 0.05) is 13.0 Å². The molecule has 4 rings (SSSR count). The van der Waals surface area contributed by atoms with E-state index in [0.29, 0.717) is 0 Å². The summed E-state index contributed by atoms with van der Waals surface area (Å²) in [6, 6.07) is 23.4. The summed E-state index contributed by atoms with van der Waals surface area (Å²) in [6.45, 7) is 8.07. The average Bonchev–Trinajstić information content (AvgIpc) is 3.09. The van der Waals surface area contributed by atoms with Crippen molar-refractivity contribution in [2.75, 3.05) is 6.61 Å². The smallest absolute Gasteiger partial charge is 0.122 e. The van der Waals surface area contributed by atoms with E-state index in [2.05, 4.69) is 92.1 Å².